The summed E-state index contributed by atoms with van der Waals surface area (Å²) >= 11 is 0. The number of nitrogens with one attached hydrogen (secondary N) is 1. The first-order chi connectivity index (χ1) is 14.2. The number of nitrogens with zero attached hydrogens (tertiary/aromatic N) is 3. The molecule has 0 bridgehead atoms. The minimum absolute atomic E-state index is 0.127. The van der Waals surface area contributed by atoms with Gasteiger partial charge < -0.3 is 9.64 Å². The summed E-state index contributed by atoms with van der Waals surface area (Å²) in [6, 6.07) is 17.8. The molecule has 1 fully saturated rings. The normalized spacial score (nSPS) is 15.3. The van der Waals surface area contributed by atoms with Crippen LogP contribution in [0.2, 0.25) is 0 Å². The van der Waals surface area contributed by atoms with Crippen molar-refractivity contribution in [3.8, 4) is 11.4 Å². The van der Waals surface area contributed by atoms with Crippen LogP contribution >= 0.6 is 0 Å². The van der Waals surface area contributed by atoms with Crippen molar-refractivity contribution in [2.45, 2.75) is 32.4 Å². The van der Waals surface area contributed by atoms with Crippen molar-refractivity contribution in [2.24, 2.45) is 5.92 Å². The van der Waals surface area contributed by atoms with E-state index in [9.17, 15) is 4.79 Å². The number of anilines is 1. The third-order valence-electron chi connectivity index (χ3n) is 5.64. The SMILES string of the molecule is COc1cccc2c1CN(C(=O)Nc1cc(CC3CC3)nn1-c1ccccc1)C2. The van der Waals surface area contributed by atoms with Gasteiger partial charge in [-0.05, 0) is 48.9 Å². The summed E-state index contributed by atoms with van der Waals surface area (Å²) < 4.78 is 7.29. The Hall–Kier alpha value is -3.28. The molecule has 0 atom stereocenters. The molecule has 1 aliphatic heterocycles. The first kappa shape index (κ1) is 17.8. The second-order valence-corrected chi connectivity index (χ2v) is 7.80. The average Bonchev–Trinajstić information content (AvgIpc) is 3.30. The number of amides is 2. The minimum Gasteiger partial charge on any atom is -0.496 e. The lowest BCUT2D eigenvalue weighted by Crippen LogP contribution is -2.31. The van der Waals surface area contributed by atoms with Crippen molar-refractivity contribution >= 4 is 11.8 Å². The summed E-state index contributed by atoms with van der Waals surface area (Å²) in [5.74, 6) is 2.27. The van der Waals surface area contributed by atoms with Gasteiger partial charge in [-0.15, -0.1) is 0 Å². The number of rotatable bonds is 5. The van der Waals surface area contributed by atoms with Gasteiger partial charge in [0.2, 0.25) is 0 Å². The minimum atomic E-state index is -0.127. The number of fused-ring (bicyclic) bond motifs is 1. The maximum Gasteiger partial charge on any atom is 0.323 e. The van der Waals surface area contributed by atoms with Crippen LogP contribution in [0.5, 0.6) is 5.75 Å². The van der Waals surface area contributed by atoms with Gasteiger partial charge in [-0.25, -0.2) is 9.48 Å². The number of urea groups is 1. The van der Waals surface area contributed by atoms with Crippen LogP contribution in [0.15, 0.2) is 54.6 Å². The maximum atomic E-state index is 13.0. The lowest BCUT2D eigenvalue weighted by molar-refractivity contribution is 0.212. The average molecular weight is 388 g/mol. The topological polar surface area (TPSA) is 59.4 Å². The smallest absolute Gasteiger partial charge is 0.323 e. The summed E-state index contributed by atoms with van der Waals surface area (Å²) in [6.07, 6.45) is 3.51. The fraction of sp³-hybridized carbons (Fsp3) is 0.304. The van der Waals surface area contributed by atoms with Gasteiger partial charge in [-0.1, -0.05) is 30.3 Å². The molecule has 2 aromatic carbocycles. The molecule has 0 unspecified atom stereocenters. The molecule has 1 aromatic heterocycles. The van der Waals surface area contributed by atoms with Crippen molar-refractivity contribution in [3.05, 3.63) is 71.4 Å². The number of benzene rings is 2. The summed E-state index contributed by atoms with van der Waals surface area (Å²) in [4.78, 5) is 14.8. The highest BCUT2D eigenvalue weighted by molar-refractivity contribution is 5.89. The lowest BCUT2D eigenvalue weighted by atomic mass is 10.1. The van der Waals surface area contributed by atoms with Crippen LogP contribution in [-0.4, -0.2) is 27.8 Å². The van der Waals surface area contributed by atoms with Gasteiger partial charge in [0.25, 0.3) is 0 Å². The van der Waals surface area contributed by atoms with E-state index < -0.39 is 0 Å². The standard InChI is InChI=1S/C23H24N4O2/c1-29-21-9-5-6-17-14-26(15-20(17)21)23(28)24-22-13-18(12-16-10-11-16)25-27(22)19-7-3-2-4-8-19/h2-9,13,16H,10-12,14-15H2,1H3,(H,24,28). The van der Waals surface area contributed by atoms with Crippen LogP contribution < -0.4 is 10.1 Å². The molecule has 29 heavy (non-hydrogen) atoms. The number of methoxy groups -OCH3 is 1. The molecule has 148 valence electrons. The lowest BCUT2D eigenvalue weighted by Gasteiger charge is -2.17. The van der Waals surface area contributed by atoms with E-state index in [0.29, 0.717) is 18.9 Å². The number of carbonyl (C=O) groups is 1. The number of para-hydroxylation sites is 1. The van der Waals surface area contributed by atoms with Gasteiger partial charge in [0.1, 0.15) is 11.6 Å². The number of carbonyl (C=O) groups excluding carboxylic acids is 1. The van der Waals surface area contributed by atoms with Crippen molar-refractivity contribution in [1.82, 2.24) is 14.7 Å². The highest BCUT2D eigenvalue weighted by Crippen LogP contribution is 2.34. The zero-order chi connectivity index (χ0) is 19.8. The van der Waals surface area contributed by atoms with Gasteiger partial charge in [-0.2, -0.15) is 5.10 Å². The molecule has 0 saturated heterocycles. The van der Waals surface area contributed by atoms with Crippen LogP contribution in [0.4, 0.5) is 10.6 Å². The largest absolute Gasteiger partial charge is 0.496 e. The second-order valence-electron chi connectivity index (χ2n) is 7.80. The van der Waals surface area contributed by atoms with E-state index in [2.05, 4.69) is 5.32 Å². The summed E-state index contributed by atoms with van der Waals surface area (Å²) in [5.41, 5.74) is 4.18. The van der Waals surface area contributed by atoms with E-state index >= 15 is 0 Å². The van der Waals surface area contributed by atoms with Gasteiger partial charge in [0, 0.05) is 18.2 Å². The molecule has 0 radical (unpaired) electrons. The van der Waals surface area contributed by atoms with Crippen molar-refractivity contribution in [3.63, 3.8) is 0 Å². The second kappa shape index (κ2) is 7.28. The molecule has 0 spiro atoms. The van der Waals surface area contributed by atoms with Crippen molar-refractivity contribution < 1.29 is 9.53 Å². The molecule has 5 rings (SSSR count). The van der Waals surface area contributed by atoms with Gasteiger partial charge in [0.15, 0.2) is 0 Å². The Morgan fingerprint density at radius 1 is 1.14 bits per heavy atom. The molecule has 1 N–H and O–H groups in total. The molecule has 1 aliphatic carbocycles. The molecule has 1 saturated carbocycles. The highest BCUT2D eigenvalue weighted by Gasteiger charge is 2.28. The first-order valence-corrected chi connectivity index (χ1v) is 10.1. The third kappa shape index (κ3) is 3.58. The number of ether oxygens (including phenoxy) is 1. The number of aromatic nitrogens is 2. The molecule has 2 amide bonds. The first-order valence-electron chi connectivity index (χ1n) is 10.1. The van der Waals surface area contributed by atoms with Crippen LogP contribution in [0.1, 0.15) is 29.7 Å². The summed E-state index contributed by atoms with van der Waals surface area (Å²) in [7, 11) is 1.66. The fourth-order valence-corrected chi connectivity index (χ4v) is 3.92. The van der Waals surface area contributed by atoms with Gasteiger partial charge >= 0.3 is 6.03 Å². The van der Waals surface area contributed by atoms with Crippen LogP contribution in [0.3, 0.4) is 0 Å². The zero-order valence-electron chi connectivity index (χ0n) is 16.5. The summed E-state index contributed by atoms with van der Waals surface area (Å²) in [6.45, 7) is 1.12. The maximum absolute atomic E-state index is 13.0. The molecular weight excluding hydrogens is 364 g/mol. The molecular formula is C23H24N4O2. The molecule has 2 heterocycles. The molecule has 3 aromatic rings. The third-order valence-corrected chi connectivity index (χ3v) is 5.64. The Balaban J connectivity index is 1.38. The Kier molecular flexibility index (Phi) is 4.46. The number of hydrogen-bond donors (Lipinski definition) is 1. The van der Waals surface area contributed by atoms with Crippen molar-refractivity contribution in [1.29, 1.82) is 0 Å². The molecule has 2 aliphatic rings. The Morgan fingerprint density at radius 3 is 2.72 bits per heavy atom. The zero-order valence-corrected chi connectivity index (χ0v) is 16.5. The van der Waals surface area contributed by atoms with Crippen LogP contribution in [0.25, 0.3) is 5.69 Å². The van der Waals surface area contributed by atoms with Crippen molar-refractivity contribution in [2.75, 3.05) is 12.4 Å². The Bertz CT molecular complexity index is 1040. The fourth-order valence-electron chi connectivity index (χ4n) is 3.92. The molecule has 6 nitrogen and oxygen atoms in total. The van der Waals surface area contributed by atoms with E-state index in [1.54, 1.807) is 12.0 Å². The van der Waals surface area contributed by atoms with E-state index in [1.165, 1.54) is 12.8 Å². The highest BCUT2D eigenvalue weighted by atomic mass is 16.5. The van der Waals surface area contributed by atoms with Crippen LogP contribution in [0, 0.1) is 5.92 Å². The monoisotopic (exact) mass is 388 g/mol. The summed E-state index contributed by atoms with van der Waals surface area (Å²) in [5, 5.41) is 7.85. The predicted molar refractivity (Wildman–Crippen MR) is 111 cm³/mol. The van der Waals surface area contributed by atoms with Crippen LogP contribution in [-0.2, 0) is 19.5 Å². The van der Waals surface area contributed by atoms with E-state index in [-0.39, 0.29) is 6.03 Å². The quantitative estimate of drug-likeness (QED) is 0.706. The Labute approximate surface area is 170 Å². The predicted octanol–water partition coefficient (Wildman–Crippen LogP) is 4.38. The van der Waals surface area contributed by atoms with E-state index in [0.717, 1.165) is 40.6 Å². The number of hydrogen-bond acceptors (Lipinski definition) is 3. The Morgan fingerprint density at radius 2 is 1.97 bits per heavy atom. The van der Waals surface area contributed by atoms with Gasteiger partial charge in [0.05, 0.1) is 25.0 Å². The van der Waals surface area contributed by atoms with Gasteiger partial charge in [-0.3, -0.25) is 5.32 Å². The van der Waals surface area contributed by atoms with E-state index in [1.807, 2.05) is 59.3 Å². The van der Waals surface area contributed by atoms with E-state index in [4.69, 9.17) is 9.84 Å². The molecule has 6 heteroatoms.